The Balaban J connectivity index is 2.27. The SMILES string of the molecule is O=c1[nH]onc1-c1ccc2ccccc2n1. The van der Waals surface area contributed by atoms with Crippen LogP contribution in [0.5, 0.6) is 0 Å². The minimum atomic E-state index is -0.372. The fraction of sp³-hybridized carbons (Fsp3) is 0. The number of para-hydroxylation sites is 1. The second kappa shape index (κ2) is 3.30. The first-order chi connectivity index (χ1) is 7.84. The minimum absolute atomic E-state index is 0.200. The number of pyridine rings is 1. The molecule has 0 spiro atoms. The molecule has 0 amide bonds. The molecule has 3 rings (SSSR count). The molecule has 0 atom stereocenters. The maximum absolute atomic E-state index is 11.3. The first kappa shape index (κ1) is 8.84. The van der Waals surface area contributed by atoms with Gasteiger partial charge in [0.1, 0.15) is 0 Å². The van der Waals surface area contributed by atoms with Gasteiger partial charge >= 0.3 is 5.56 Å². The molecule has 0 aliphatic heterocycles. The van der Waals surface area contributed by atoms with Crippen LogP contribution in [-0.4, -0.2) is 15.3 Å². The topological polar surface area (TPSA) is 71.8 Å². The van der Waals surface area contributed by atoms with E-state index in [2.05, 4.69) is 19.9 Å². The molecular weight excluding hydrogens is 206 g/mol. The number of nitrogens with one attached hydrogen (secondary N) is 1. The van der Waals surface area contributed by atoms with Gasteiger partial charge in [0, 0.05) is 5.39 Å². The number of aromatic amines is 1. The third-order valence-electron chi connectivity index (χ3n) is 2.33. The molecule has 0 radical (unpaired) electrons. The number of aromatic nitrogens is 3. The normalized spacial score (nSPS) is 10.8. The number of hydrogen-bond acceptors (Lipinski definition) is 4. The Kier molecular flexibility index (Phi) is 1.83. The van der Waals surface area contributed by atoms with Crippen LogP contribution in [0.3, 0.4) is 0 Å². The van der Waals surface area contributed by atoms with Crippen molar-refractivity contribution in [2.45, 2.75) is 0 Å². The van der Waals surface area contributed by atoms with Crippen LogP contribution in [0.1, 0.15) is 0 Å². The molecule has 0 saturated carbocycles. The largest absolute Gasteiger partial charge is 0.310 e. The van der Waals surface area contributed by atoms with Gasteiger partial charge in [0.2, 0.25) is 0 Å². The fourth-order valence-corrected chi connectivity index (χ4v) is 1.56. The van der Waals surface area contributed by atoms with Gasteiger partial charge in [-0.1, -0.05) is 24.3 Å². The second-order valence-corrected chi connectivity index (χ2v) is 3.35. The molecule has 2 aromatic heterocycles. The number of rotatable bonds is 1. The summed E-state index contributed by atoms with van der Waals surface area (Å²) >= 11 is 0. The van der Waals surface area contributed by atoms with E-state index in [4.69, 9.17) is 0 Å². The van der Waals surface area contributed by atoms with Crippen LogP contribution in [0.15, 0.2) is 45.8 Å². The molecule has 1 N–H and O–H groups in total. The fourth-order valence-electron chi connectivity index (χ4n) is 1.56. The highest BCUT2D eigenvalue weighted by atomic mass is 16.6. The molecule has 0 unspecified atom stereocenters. The van der Waals surface area contributed by atoms with Crippen molar-refractivity contribution < 1.29 is 4.63 Å². The van der Waals surface area contributed by atoms with E-state index in [1.54, 1.807) is 6.07 Å². The highest BCUT2D eigenvalue weighted by molar-refractivity contribution is 5.80. The Morgan fingerprint density at radius 2 is 2.00 bits per heavy atom. The van der Waals surface area contributed by atoms with Gasteiger partial charge in [0.15, 0.2) is 5.69 Å². The average Bonchev–Trinajstić information content (AvgIpc) is 2.75. The number of hydrogen-bond donors (Lipinski definition) is 1. The van der Waals surface area contributed by atoms with Crippen molar-refractivity contribution in [1.82, 2.24) is 15.3 Å². The van der Waals surface area contributed by atoms with Crippen LogP contribution in [0, 0.1) is 0 Å². The maximum Gasteiger partial charge on any atom is 0.310 e. The highest BCUT2D eigenvalue weighted by Gasteiger charge is 2.09. The predicted molar refractivity (Wildman–Crippen MR) is 57.9 cm³/mol. The van der Waals surface area contributed by atoms with Crippen LogP contribution >= 0.6 is 0 Å². The van der Waals surface area contributed by atoms with Crippen LogP contribution in [-0.2, 0) is 0 Å². The smallest absolute Gasteiger partial charge is 0.267 e. The monoisotopic (exact) mass is 213 g/mol. The predicted octanol–water partition coefficient (Wildman–Crippen LogP) is 1.58. The van der Waals surface area contributed by atoms with Crippen molar-refractivity contribution in [3.63, 3.8) is 0 Å². The van der Waals surface area contributed by atoms with E-state index in [1.807, 2.05) is 30.3 Å². The van der Waals surface area contributed by atoms with E-state index in [1.165, 1.54) is 0 Å². The molecule has 0 bridgehead atoms. The van der Waals surface area contributed by atoms with Gasteiger partial charge in [-0.15, -0.1) is 0 Å². The van der Waals surface area contributed by atoms with E-state index in [0.717, 1.165) is 10.9 Å². The zero-order chi connectivity index (χ0) is 11.0. The third-order valence-corrected chi connectivity index (χ3v) is 2.33. The van der Waals surface area contributed by atoms with Crippen molar-refractivity contribution in [2.75, 3.05) is 0 Å². The van der Waals surface area contributed by atoms with Gasteiger partial charge < -0.3 is 0 Å². The van der Waals surface area contributed by atoms with E-state index < -0.39 is 0 Å². The molecule has 0 saturated heterocycles. The third kappa shape index (κ3) is 1.30. The van der Waals surface area contributed by atoms with E-state index in [0.29, 0.717) is 5.69 Å². The van der Waals surface area contributed by atoms with Crippen LogP contribution in [0.25, 0.3) is 22.3 Å². The van der Waals surface area contributed by atoms with Gasteiger partial charge in [-0.05, 0) is 17.3 Å². The molecule has 0 aliphatic rings. The zero-order valence-electron chi connectivity index (χ0n) is 8.18. The van der Waals surface area contributed by atoms with Crippen LogP contribution in [0.4, 0.5) is 0 Å². The summed E-state index contributed by atoms with van der Waals surface area (Å²) in [5, 5.41) is 6.74. The minimum Gasteiger partial charge on any atom is -0.267 e. The van der Waals surface area contributed by atoms with Gasteiger partial charge in [-0.3, -0.25) is 9.42 Å². The average molecular weight is 213 g/mol. The number of benzene rings is 1. The summed E-state index contributed by atoms with van der Waals surface area (Å²) < 4.78 is 4.48. The first-order valence-corrected chi connectivity index (χ1v) is 4.75. The molecule has 5 nitrogen and oxygen atoms in total. The Labute approximate surface area is 89.7 Å². The lowest BCUT2D eigenvalue weighted by Crippen LogP contribution is -2.02. The number of H-pyrrole nitrogens is 1. The first-order valence-electron chi connectivity index (χ1n) is 4.75. The summed E-state index contributed by atoms with van der Waals surface area (Å²) in [5.74, 6) is 0. The molecule has 0 fully saturated rings. The zero-order valence-corrected chi connectivity index (χ0v) is 8.18. The lowest BCUT2D eigenvalue weighted by molar-refractivity contribution is 0.305. The Morgan fingerprint density at radius 1 is 1.12 bits per heavy atom. The van der Waals surface area contributed by atoms with Crippen molar-refractivity contribution >= 4 is 10.9 Å². The van der Waals surface area contributed by atoms with Gasteiger partial charge in [-0.25, -0.2) is 4.98 Å². The quantitative estimate of drug-likeness (QED) is 0.666. The Bertz CT molecular complexity index is 699. The number of nitrogens with zero attached hydrogens (tertiary/aromatic N) is 2. The second-order valence-electron chi connectivity index (χ2n) is 3.35. The highest BCUT2D eigenvalue weighted by Crippen LogP contribution is 2.16. The molecule has 5 heteroatoms. The van der Waals surface area contributed by atoms with E-state index >= 15 is 0 Å². The van der Waals surface area contributed by atoms with E-state index in [-0.39, 0.29) is 11.3 Å². The van der Waals surface area contributed by atoms with Crippen LogP contribution in [0.2, 0.25) is 0 Å². The van der Waals surface area contributed by atoms with Crippen molar-refractivity contribution in [1.29, 1.82) is 0 Å². The summed E-state index contributed by atoms with van der Waals surface area (Å²) in [6.45, 7) is 0. The lowest BCUT2D eigenvalue weighted by atomic mass is 10.2. The summed E-state index contributed by atoms with van der Waals surface area (Å²) in [7, 11) is 0. The van der Waals surface area contributed by atoms with Crippen LogP contribution < -0.4 is 5.56 Å². The molecule has 16 heavy (non-hydrogen) atoms. The van der Waals surface area contributed by atoms with Crippen molar-refractivity contribution in [3.05, 3.63) is 46.8 Å². The number of fused-ring (bicyclic) bond motifs is 1. The molecular formula is C11H7N3O2. The molecule has 1 aromatic carbocycles. The van der Waals surface area contributed by atoms with Gasteiger partial charge in [-0.2, -0.15) is 5.16 Å². The molecule has 3 aromatic rings. The summed E-state index contributed by atoms with van der Waals surface area (Å²) in [6, 6.07) is 11.3. The lowest BCUT2D eigenvalue weighted by Gasteiger charge is -1.97. The summed E-state index contributed by atoms with van der Waals surface area (Å²) in [4.78, 5) is 15.6. The standard InChI is InChI=1S/C11H7N3O2/c15-11-10(13-16-14-11)9-6-5-7-3-1-2-4-8(7)12-9/h1-6H,(H,14,15). The molecule has 78 valence electrons. The Hall–Kier alpha value is -2.43. The summed E-state index contributed by atoms with van der Waals surface area (Å²) in [6.07, 6.45) is 0. The van der Waals surface area contributed by atoms with E-state index in [9.17, 15) is 4.79 Å². The van der Waals surface area contributed by atoms with Gasteiger partial charge in [0.25, 0.3) is 0 Å². The summed E-state index contributed by atoms with van der Waals surface area (Å²) in [5.41, 5.74) is 1.16. The maximum atomic E-state index is 11.3. The molecule has 0 aliphatic carbocycles. The van der Waals surface area contributed by atoms with Crippen molar-refractivity contribution in [3.8, 4) is 11.4 Å². The van der Waals surface area contributed by atoms with Crippen molar-refractivity contribution in [2.24, 2.45) is 0 Å². The Morgan fingerprint density at radius 3 is 2.81 bits per heavy atom. The molecule has 2 heterocycles. The van der Waals surface area contributed by atoms with Gasteiger partial charge in [0.05, 0.1) is 11.2 Å².